The monoisotopic (exact) mass is 338 g/mol. The molecule has 0 amide bonds. The summed E-state index contributed by atoms with van der Waals surface area (Å²) in [6, 6.07) is 10.4. The van der Waals surface area contributed by atoms with Crippen LogP contribution in [0.25, 0.3) is 0 Å². The molecule has 0 bridgehead atoms. The van der Waals surface area contributed by atoms with E-state index in [0.717, 1.165) is 27.2 Å². The molecule has 0 aliphatic carbocycles. The number of halogens is 2. The van der Waals surface area contributed by atoms with Gasteiger partial charge in [-0.05, 0) is 65.6 Å². The van der Waals surface area contributed by atoms with Crippen molar-refractivity contribution in [2.75, 3.05) is 7.05 Å². The van der Waals surface area contributed by atoms with Crippen LogP contribution in [0.2, 0.25) is 5.02 Å². The lowest BCUT2D eigenvalue weighted by atomic mass is 10.0. The van der Waals surface area contributed by atoms with Crippen molar-refractivity contribution in [1.82, 2.24) is 10.3 Å². The highest BCUT2D eigenvalue weighted by Crippen LogP contribution is 2.24. The number of nitrogens with one attached hydrogen (secondary N) is 1. The van der Waals surface area contributed by atoms with Gasteiger partial charge >= 0.3 is 0 Å². The van der Waals surface area contributed by atoms with Gasteiger partial charge in [0.1, 0.15) is 0 Å². The Morgan fingerprint density at radius 1 is 1.32 bits per heavy atom. The van der Waals surface area contributed by atoms with Crippen LogP contribution in [0.4, 0.5) is 0 Å². The predicted molar refractivity (Wildman–Crippen MR) is 83.6 cm³/mol. The number of hydrogen-bond acceptors (Lipinski definition) is 2. The molecule has 1 N–H and O–H groups in total. The molecular formula is C15H16BrClN2. The highest BCUT2D eigenvalue weighted by atomic mass is 79.9. The van der Waals surface area contributed by atoms with Crippen LogP contribution in [-0.4, -0.2) is 12.0 Å². The zero-order valence-corrected chi connectivity index (χ0v) is 13.3. The summed E-state index contributed by atoms with van der Waals surface area (Å²) in [5, 5.41) is 4.11. The largest absolute Gasteiger partial charge is 0.311 e. The Morgan fingerprint density at radius 2 is 2.11 bits per heavy atom. The standard InChI is InChI=1S/C15H16BrClN2/c1-10-3-4-11(13(17)7-10)8-15(18-2)14-6-5-12(16)9-19-14/h3-7,9,15,18H,8H2,1-2H3. The quantitative estimate of drug-likeness (QED) is 0.898. The van der Waals surface area contributed by atoms with E-state index >= 15 is 0 Å². The minimum Gasteiger partial charge on any atom is -0.311 e. The second kappa shape index (κ2) is 6.51. The van der Waals surface area contributed by atoms with Gasteiger partial charge < -0.3 is 5.32 Å². The Balaban J connectivity index is 2.21. The molecule has 2 rings (SSSR count). The molecule has 2 nitrogen and oxygen atoms in total. The third kappa shape index (κ3) is 3.78. The van der Waals surface area contributed by atoms with Gasteiger partial charge in [0, 0.05) is 15.7 Å². The van der Waals surface area contributed by atoms with E-state index in [1.807, 2.05) is 38.4 Å². The SMILES string of the molecule is CNC(Cc1ccc(C)cc1Cl)c1ccc(Br)cn1. The van der Waals surface area contributed by atoms with Crippen molar-refractivity contribution < 1.29 is 0 Å². The Labute approximate surface area is 127 Å². The van der Waals surface area contributed by atoms with Crippen molar-refractivity contribution in [3.8, 4) is 0 Å². The third-order valence-electron chi connectivity index (χ3n) is 3.09. The molecule has 2 aromatic rings. The summed E-state index contributed by atoms with van der Waals surface area (Å²) in [5.41, 5.74) is 3.33. The van der Waals surface area contributed by atoms with Crippen LogP contribution in [0.5, 0.6) is 0 Å². The topological polar surface area (TPSA) is 24.9 Å². The van der Waals surface area contributed by atoms with E-state index < -0.39 is 0 Å². The summed E-state index contributed by atoms with van der Waals surface area (Å²) in [4.78, 5) is 4.44. The summed E-state index contributed by atoms with van der Waals surface area (Å²) < 4.78 is 0.986. The van der Waals surface area contributed by atoms with Crippen molar-refractivity contribution in [1.29, 1.82) is 0 Å². The lowest BCUT2D eigenvalue weighted by Crippen LogP contribution is -2.20. The summed E-state index contributed by atoms with van der Waals surface area (Å²) in [5.74, 6) is 0. The molecule has 0 aliphatic rings. The van der Waals surface area contributed by atoms with Crippen molar-refractivity contribution in [3.63, 3.8) is 0 Å². The highest BCUT2D eigenvalue weighted by Gasteiger charge is 2.13. The molecule has 0 radical (unpaired) electrons. The van der Waals surface area contributed by atoms with Crippen LogP contribution in [-0.2, 0) is 6.42 Å². The van der Waals surface area contributed by atoms with E-state index in [2.05, 4.69) is 38.4 Å². The Kier molecular flexibility index (Phi) is 4.97. The van der Waals surface area contributed by atoms with Gasteiger partial charge in [0.25, 0.3) is 0 Å². The van der Waals surface area contributed by atoms with Crippen LogP contribution < -0.4 is 5.32 Å². The number of likely N-dealkylation sites (N-methyl/N-ethyl adjacent to an activating group) is 1. The molecule has 1 heterocycles. The van der Waals surface area contributed by atoms with Gasteiger partial charge in [-0.25, -0.2) is 0 Å². The van der Waals surface area contributed by atoms with E-state index in [9.17, 15) is 0 Å². The molecule has 0 saturated carbocycles. The van der Waals surface area contributed by atoms with Crippen LogP contribution in [0.15, 0.2) is 41.0 Å². The lowest BCUT2D eigenvalue weighted by molar-refractivity contribution is 0.576. The lowest BCUT2D eigenvalue weighted by Gasteiger charge is -2.17. The van der Waals surface area contributed by atoms with Crippen LogP contribution in [0.3, 0.4) is 0 Å². The summed E-state index contributed by atoms with van der Waals surface area (Å²) in [7, 11) is 1.94. The molecule has 0 spiro atoms. The van der Waals surface area contributed by atoms with E-state index in [-0.39, 0.29) is 6.04 Å². The Bertz CT molecular complexity index is 555. The first kappa shape index (κ1) is 14.5. The molecule has 1 aromatic carbocycles. The number of nitrogens with zero attached hydrogens (tertiary/aromatic N) is 1. The minimum atomic E-state index is 0.160. The van der Waals surface area contributed by atoms with Gasteiger partial charge in [0.15, 0.2) is 0 Å². The normalized spacial score (nSPS) is 12.4. The molecule has 1 unspecified atom stereocenters. The first-order chi connectivity index (χ1) is 9.10. The number of benzene rings is 1. The molecule has 1 atom stereocenters. The molecule has 4 heteroatoms. The maximum Gasteiger partial charge on any atom is 0.0577 e. The van der Waals surface area contributed by atoms with Crippen molar-refractivity contribution in [3.05, 3.63) is 62.8 Å². The van der Waals surface area contributed by atoms with E-state index in [1.54, 1.807) is 0 Å². The van der Waals surface area contributed by atoms with E-state index in [1.165, 1.54) is 5.56 Å². The van der Waals surface area contributed by atoms with Crippen LogP contribution >= 0.6 is 27.5 Å². The van der Waals surface area contributed by atoms with Crippen LogP contribution in [0.1, 0.15) is 22.9 Å². The summed E-state index contributed by atoms with van der Waals surface area (Å²) in [6.45, 7) is 2.04. The molecule has 100 valence electrons. The molecule has 19 heavy (non-hydrogen) atoms. The van der Waals surface area contributed by atoms with Gasteiger partial charge in [-0.3, -0.25) is 4.98 Å². The van der Waals surface area contributed by atoms with Crippen LogP contribution in [0, 0.1) is 6.92 Å². The second-order valence-electron chi connectivity index (χ2n) is 4.54. The number of aromatic nitrogens is 1. The Morgan fingerprint density at radius 3 is 2.68 bits per heavy atom. The zero-order chi connectivity index (χ0) is 13.8. The van der Waals surface area contributed by atoms with Gasteiger partial charge in [0.05, 0.1) is 11.7 Å². The molecule has 1 aromatic heterocycles. The summed E-state index contributed by atoms with van der Waals surface area (Å²) in [6.07, 6.45) is 2.64. The third-order valence-corrected chi connectivity index (χ3v) is 3.91. The van der Waals surface area contributed by atoms with Crippen molar-refractivity contribution in [2.24, 2.45) is 0 Å². The van der Waals surface area contributed by atoms with Gasteiger partial charge in [-0.15, -0.1) is 0 Å². The minimum absolute atomic E-state index is 0.160. The number of hydrogen-bond donors (Lipinski definition) is 1. The second-order valence-corrected chi connectivity index (χ2v) is 5.86. The average Bonchev–Trinajstić information content (AvgIpc) is 2.39. The molecule has 0 fully saturated rings. The maximum absolute atomic E-state index is 6.29. The zero-order valence-electron chi connectivity index (χ0n) is 11.0. The molecular weight excluding hydrogens is 324 g/mol. The fraction of sp³-hybridized carbons (Fsp3) is 0.267. The first-order valence-electron chi connectivity index (χ1n) is 6.14. The summed E-state index contributed by atoms with van der Waals surface area (Å²) >= 11 is 9.69. The Hall–Kier alpha value is -0.900. The smallest absolute Gasteiger partial charge is 0.0577 e. The van der Waals surface area contributed by atoms with Crippen molar-refractivity contribution >= 4 is 27.5 Å². The van der Waals surface area contributed by atoms with Crippen molar-refractivity contribution in [2.45, 2.75) is 19.4 Å². The number of pyridine rings is 1. The fourth-order valence-electron chi connectivity index (χ4n) is 1.99. The first-order valence-corrected chi connectivity index (χ1v) is 7.31. The molecule has 0 aliphatic heterocycles. The maximum atomic E-state index is 6.29. The fourth-order valence-corrected chi connectivity index (χ4v) is 2.53. The molecule has 0 saturated heterocycles. The average molecular weight is 340 g/mol. The number of aryl methyl sites for hydroxylation is 1. The van der Waals surface area contributed by atoms with Gasteiger partial charge in [-0.2, -0.15) is 0 Å². The van der Waals surface area contributed by atoms with Gasteiger partial charge in [0.2, 0.25) is 0 Å². The van der Waals surface area contributed by atoms with E-state index in [4.69, 9.17) is 11.6 Å². The van der Waals surface area contributed by atoms with E-state index in [0.29, 0.717) is 0 Å². The predicted octanol–water partition coefficient (Wildman–Crippen LogP) is 4.31. The highest BCUT2D eigenvalue weighted by molar-refractivity contribution is 9.10. The number of rotatable bonds is 4. The van der Waals surface area contributed by atoms with Gasteiger partial charge in [-0.1, -0.05) is 23.7 Å².